The zero-order valence-corrected chi connectivity index (χ0v) is 10.4. The van der Waals surface area contributed by atoms with E-state index in [-0.39, 0.29) is 11.7 Å². The molecule has 0 aliphatic carbocycles. The van der Waals surface area contributed by atoms with Crippen molar-refractivity contribution in [1.82, 2.24) is 5.32 Å². The summed E-state index contributed by atoms with van der Waals surface area (Å²) < 4.78 is 32.7. The molecular formula is C11H12BrF2NO. The molecule has 1 heterocycles. The minimum atomic E-state index is -0.918. The Morgan fingerprint density at radius 1 is 1.44 bits per heavy atom. The maximum absolute atomic E-state index is 13.8. The van der Waals surface area contributed by atoms with Crippen molar-refractivity contribution in [3.05, 3.63) is 27.7 Å². The van der Waals surface area contributed by atoms with Crippen LogP contribution in [-0.4, -0.2) is 20.2 Å². The maximum atomic E-state index is 13.8. The molecule has 1 atom stereocenters. The average molecular weight is 292 g/mol. The third kappa shape index (κ3) is 1.94. The summed E-state index contributed by atoms with van der Waals surface area (Å²) in [5, 5.41) is 3.13. The van der Waals surface area contributed by atoms with Gasteiger partial charge in [0.25, 0.3) is 0 Å². The number of methoxy groups -OCH3 is 1. The number of hydrogen-bond donors (Lipinski definition) is 1. The van der Waals surface area contributed by atoms with E-state index in [1.54, 1.807) is 6.07 Å². The number of rotatable bonds is 2. The van der Waals surface area contributed by atoms with Crippen molar-refractivity contribution in [1.29, 1.82) is 0 Å². The fourth-order valence-electron chi connectivity index (χ4n) is 2.00. The molecule has 1 aliphatic heterocycles. The Morgan fingerprint density at radius 2 is 2.19 bits per heavy atom. The second kappa shape index (κ2) is 4.67. The van der Waals surface area contributed by atoms with E-state index < -0.39 is 11.6 Å². The van der Waals surface area contributed by atoms with Crippen molar-refractivity contribution < 1.29 is 13.5 Å². The standard InChI is InChI=1S/C11H12BrF2NO/c1-16-11-8(12)4-7(9(13)10(11)14)6-2-3-15-5-6/h4,6,15H,2-3,5H2,1H3. The third-order valence-corrected chi connectivity index (χ3v) is 3.44. The molecule has 1 aromatic rings. The molecule has 88 valence electrons. The van der Waals surface area contributed by atoms with Crippen LogP contribution in [0.1, 0.15) is 17.9 Å². The van der Waals surface area contributed by atoms with E-state index in [2.05, 4.69) is 21.2 Å². The summed E-state index contributed by atoms with van der Waals surface area (Å²) in [5.41, 5.74) is 0.412. The lowest BCUT2D eigenvalue weighted by Crippen LogP contribution is -2.10. The van der Waals surface area contributed by atoms with Crippen LogP contribution in [0.2, 0.25) is 0 Å². The van der Waals surface area contributed by atoms with E-state index in [0.717, 1.165) is 13.0 Å². The van der Waals surface area contributed by atoms with Gasteiger partial charge < -0.3 is 10.1 Å². The fraction of sp³-hybridized carbons (Fsp3) is 0.455. The van der Waals surface area contributed by atoms with Crippen molar-refractivity contribution in [2.75, 3.05) is 20.2 Å². The summed E-state index contributed by atoms with van der Waals surface area (Å²) in [4.78, 5) is 0. The van der Waals surface area contributed by atoms with Gasteiger partial charge in [-0.05, 0) is 40.5 Å². The van der Waals surface area contributed by atoms with Crippen LogP contribution in [0, 0.1) is 11.6 Å². The summed E-state index contributed by atoms with van der Waals surface area (Å²) in [6.07, 6.45) is 0.829. The van der Waals surface area contributed by atoms with Gasteiger partial charge in [0.2, 0.25) is 5.82 Å². The minimum absolute atomic E-state index is 0.0386. The van der Waals surface area contributed by atoms with E-state index in [4.69, 9.17) is 4.74 Å². The van der Waals surface area contributed by atoms with Crippen molar-refractivity contribution in [2.45, 2.75) is 12.3 Å². The number of nitrogens with one attached hydrogen (secondary N) is 1. The normalized spacial score (nSPS) is 20.1. The van der Waals surface area contributed by atoms with Crippen LogP contribution >= 0.6 is 15.9 Å². The first-order valence-corrected chi connectivity index (χ1v) is 5.86. The van der Waals surface area contributed by atoms with Gasteiger partial charge in [0.1, 0.15) is 0 Å². The van der Waals surface area contributed by atoms with Crippen LogP contribution in [0.5, 0.6) is 5.75 Å². The van der Waals surface area contributed by atoms with Crippen LogP contribution in [0.15, 0.2) is 10.5 Å². The van der Waals surface area contributed by atoms with Gasteiger partial charge in [-0.25, -0.2) is 4.39 Å². The zero-order valence-electron chi connectivity index (χ0n) is 8.82. The summed E-state index contributed by atoms with van der Waals surface area (Å²) in [5.74, 6) is -1.75. The third-order valence-electron chi connectivity index (χ3n) is 2.85. The predicted octanol–water partition coefficient (Wildman–Crippen LogP) is 2.81. The molecule has 1 N–H and O–H groups in total. The summed E-state index contributed by atoms with van der Waals surface area (Å²) in [7, 11) is 1.32. The van der Waals surface area contributed by atoms with Crippen LogP contribution in [-0.2, 0) is 0 Å². The zero-order chi connectivity index (χ0) is 11.7. The molecule has 1 unspecified atom stereocenters. The molecule has 0 bridgehead atoms. The van der Waals surface area contributed by atoms with Crippen molar-refractivity contribution in [3.63, 3.8) is 0 Å². The van der Waals surface area contributed by atoms with Crippen LogP contribution < -0.4 is 10.1 Å². The molecule has 0 amide bonds. The Kier molecular flexibility index (Phi) is 3.44. The van der Waals surface area contributed by atoms with Crippen molar-refractivity contribution in [3.8, 4) is 5.75 Å². The minimum Gasteiger partial charge on any atom is -0.492 e. The molecule has 1 fully saturated rings. The molecule has 1 saturated heterocycles. The number of ether oxygens (including phenoxy) is 1. The second-order valence-electron chi connectivity index (χ2n) is 3.80. The van der Waals surface area contributed by atoms with E-state index >= 15 is 0 Å². The SMILES string of the molecule is COc1c(Br)cc(C2CCNC2)c(F)c1F. The molecule has 0 saturated carbocycles. The number of benzene rings is 1. The molecule has 5 heteroatoms. The highest BCUT2D eigenvalue weighted by atomic mass is 79.9. The Bertz CT molecular complexity index is 405. The van der Waals surface area contributed by atoms with Crippen molar-refractivity contribution >= 4 is 15.9 Å². The van der Waals surface area contributed by atoms with Crippen LogP contribution in [0.4, 0.5) is 8.78 Å². The highest BCUT2D eigenvalue weighted by Gasteiger charge is 2.25. The molecule has 1 aromatic carbocycles. The molecule has 2 rings (SSSR count). The Morgan fingerprint density at radius 3 is 2.75 bits per heavy atom. The highest BCUT2D eigenvalue weighted by molar-refractivity contribution is 9.10. The quantitative estimate of drug-likeness (QED) is 0.846. The number of hydrogen-bond acceptors (Lipinski definition) is 2. The monoisotopic (exact) mass is 291 g/mol. The molecule has 1 aliphatic rings. The first-order valence-electron chi connectivity index (χ1n) is 5.07. The van der Waals surface area contributed by atoms with Gasteiger partial charge in [-0.1, -0.05) is 0 Å². The Labute approximate surface area is 101 Å². The predicted molar refractivity (Wildman–Crippen MR) is 60.8 cm³/mol. The van der Waals surface area contributed by atoms with Crippen LogP contribution in [0.25, 0.3) is 0 Å². The molecule has 16 heavy (non-hydrogen) atoms. The number of halogens is 3. The molecule has 0 aromatic heterocycles. The van der Waals surface area contributed by atoms with E-state index in [1.807, 2.05) is 0 Å². The first-order chi connectivity index (χ1) is 7.65. The Hall–Kier alpha value is -0.680. The van der Waals surface area contributed by atoms with E-state index in [1.165, 1.54) is 7.11 Å². The molecule has 2 nitrogen and oxygen atoms in total. The summed E-state index contributed by atoms with van der Waals surface area (Å²) >= 11 is 3.19. The largest absolute Gasteiger partial charge is 0.492 e. The highest BCUT2D eigenvalue weighted by Crippen LogP contribution is 2.36. The fourth-order valence-corrected chi connectivity index (χ4v) is 2.58. The molecule has 0 radical (unpaired) electrons. The van der Waals surface area contributed by atoms with Gasteiger partial charge in [0.05, 0.1) is 11.6 Å². The van der Waals surface area contributed by atoms with Crippen molar-refractivity contribution in [2.24, 2.45) is 0 Å². The molecular weight excluding hydrogens is 280 g/mol. The lowest BCUT2D eigenvalue weighted by Gasteiger charge is -2.14. The summed E-state index contributed by atoms with van der Waals surface area (Å²) in [6.45, 7) is 1.53. The van der Waals surface area contributed by atoms with Gasteiger partial charge in [-0.15, -0.1) is 0 Å². The van der Waals surface area contributed by atoms with Crippen LogP contribution in [0.3, 0.4) is 0 Å². The van der Waals surface area contributed by atoms with Gasteiger partial charge in [-0.2, -0.15) is 4.39 Å². The smallest absolute Gasteiger partial charge is 0.202 e. The van der Waals surface area contributed by atoms with E-state index in [0.29, 0.717) is 16.6 Å². The van der Waals surface area contributed by atoms with Gasteiger partial charge in [-0.3, -0.25) is 0 Å². The van der Waals surface area contributed by atoms with Gasteiger partial charge in [0, 0.05) is 12.5 Å². The second-order valence-corrected chi connectivity index (χ2v) is 4.65. The molecule has 0 spiro atoms. The van der Waals surface area contributed by atoms with Gasteiger partial charge >= 0.3 is 0 Å². The topological polar surface area (TPSA) is 21.3 Å². The summed E-state index contributed by atoms with van der Waals surface area (Å²) in [6, 6.07) is 1.61. The van der Waals surface area contributed by atoms with Gasteiger partial charge in [0.15, 0.2) is 11.6 Å². The maximum Gasteiger partial charge on any atom is 0.202 e. The van der Waals surface area contributed by atoms with E-state index in [9.17, 15) is 8.78 Å². The average Bonchev–Trinajstić information content (AvgIpc) is 2.77. The lowest BCUT2D eigenvalue weighted by molar-refractivity contribution is 0.366. The first kappa shape index (κ1) is 11.8. The lowest BCUT2D eigenvalue weighted by atomic mass is 9.97. The Balaban J connectivity index is 2.46.